The van der Waals surface area contributed by atoms with Crippen molar-refractivity contribution in [3.63, 3.8) is 0 Å². The summed E-state index contributed by atoms with van der Waals surface area (Å²) < 4.78 is 0. The van der Waals surface area contributed by atoms with Gasteiger partial charge in [0, 0.05) is 13.1 Å². The minimum absolute atomic E-state index is 0.0556. The van der Waals surface area contributed by atoms with Crippen LogP contribution in [-0.4, -0.2) is 35.0 Å². The van der Waals surface area contributed by atoms with Crippen LogP contribution in [0.15, 0.2) is 30.3 Å². The molecule has 1 unspecified atom stereocenters. The van der Waals surface area contributed by atoms with E-state index in [2.05, 4.69) is 0 Å². The summed E-state index contributed by atoms with van der Waals surface area (Å²) in [6.07, 6.45) is 1.14. The molecule has 0 aliphatic heterocycles. The van der Waals surface area contributed by atoms with E-state index in [-0.39, 0.29) is 23.8 Å². The van der Waals surface area contributed by atoms with Gasteiger partial charge in [-0.25, -0.2) is 0 Å². The minimum Gasteiger partial charge on any atom is -0.481 e. The van der Waals surface area contributed by atoms with E-state index in [4.69, 9.17) is 5.11 Å². The van der Waals surface area contributed by atoms with Crippen molar-refractivity contribution < 1.29 is 14.7 Å². The molecule has 1 aliphatic rings. The van der Waals surface area contributed by atoms with Crippen LogP contribution in [0.25, 0.3) is 0 Å². The molecule has 0 heterocycles. The molecular formula is C15H19NO3. The van der Waals surface area contributed by atoms with Gasteiger partial charge in [0.1, 0.15) is 0 Å². The van der Waals surface area contributed by atoms with Gasteiger partial charge in [-0.3, -0.25) is 9.59 Å². The molecule has 2 rings (SSSR count). The SMILES string of the molecule is CC(C(=O)N(C)C1CC(C(=O)O)C1)c1ccccc1. The molecule has 0 saturated heterocycles. The van der Waals surface area contributed by atoms with Gasteiger partial charge in [0.2, 0.25) is 5.91 Å². The Morgan fingerprint density at radius 1 is 1.26 bits per heavy atom. The number of hydrogen-bond acceptors (Lipinski definition) is 2. The van der Waals surface area contributed by atoms with Crippen LogP contribution in [0.5, 0.6) is 0 Å². The topological polar surface area (TPSA) is 57.6 Å². The summed E-state index contributed by atoms with van der Waals surface area (Å²) in [6.45, 7) is 1.89. The fraction of sp³-hybridized carbons (Fsp3) is 0.467. The van der Waals surface area contributed by atoms with Gasteiger partial charge >= 0.3 is 5.97 Å². The normalized spacial score (nSPS) is 23.3. The van der Waals surface area contributed by atoms with Gasteiger partial charge in [-0.05, 0) is 25.3 Å². The monoisotopic (exact) mass is 261 g/mol. The summed E-state index contributed by atoms with van der Waals surface area (Å²) in [5.41, 5.74) is 0.994. The first-order valence-electron chi connectivity index (χ1n) is 6.55. The minimum atomic E-state index is -0.756. The summed E-state index contributed by atoms with van der Waals surface area (Å²) in [5, 5.41) is 8.86. The number of nitrogens with zero attached hydrogens (tertiary/aromatic N) is 1. The van der Waals surface area contributed by atoms with E-state index in [0.29, 0.717) is 12.8 Å². The Bertz CT molecular complexity index is 466. The van der Waals surface area contributed by atoms with E-state index >= 15 is 0 Å². The quantitative estimate of drug-likeness (QED) is 0.903. The van der Waals surface area contributed by atoms with E-state index in [0.717, 1.165) is 5.56 Å². The summed E-state index contributed by atoms with van der Waals surface area (Å²) in [5.74, 6) is -1.17. The predicted molar refractivity (Wildman–Crippen MR) is 71.8 cm³/mol. The van der Waals surface area contributed by atoms with Crippen molar-refractivity contribution in [2.75, 3.05) is 7.05 Å². The predicted octanol–water partition coefficient (Wildman–Crippen LogP) is 2.11. The van der Waals surface area contributed by atoms with Gasteiger partial charge < -0.3 is 10.0 Å². The Kier molecular flexibility index (Phi) is 3.88. The van der Waals surface area contributed by atoms with Crippen LogP contribution in [0.3, 0.4) is 0 Å². The largest absolute Gasteiger partial charge is 0.481 e. The zero-order valence-corrected chi connectivity index (χ0v) is 11.2. The number of likely N-dealkylation sites (N-methyl/N-ethyl adjacent to an activating group) is 1. The Hall–Kier alpha value is -1.84. The lowest BCUT2D eigenvalue weighted by molar-refractivity contribution is -0.150. The van der Waals surface area contributed by atoms with Gasteiger partial charge in [-0.15, -0.1) is 0 Å². The standard InChI is InChI=1S/C15H19NO3/c1-10(11-6-4-3-5-7-11)14(17)16(2)13-8-12(9-13)15(18)19/h3-7,10,12-13H,8-9H2,1-2H3,(H,18,19). The summed E-state index contributed by atoms with van der Waals surface area (Å²) in [7, 11) is 1.77. The molecule has 102 valence electrons. The molecule has 0 spiro atoms. The Labute approximate surface area is 113 Å². The van der Waals surface area contributed by atoms with E-state index in [1.54, 1.807) is 11.9 Å². The molecule has 19 heavy (non-hydrogen) atoms. The number of hydrogen-bond donors (Lipinski definition) is 1. The maximum Gasteiger partial charge on any atom is 0.306 e. The molecule has 1 fully saturated rings. The van der Waals surface area contributed by atoms with Gasteiger partial charge in [0.25, 0.3) is 0 Å². The second-order valence-corrected chi connectivity index (χ2v) is 5.24. The zero-order valence-electron chi connectivity index (χ0n) is 11.2. The maximum absolute atomic E-state index is 12.3. The number of carbonyl (C=O) groups excluding carboxylic acids is 1. The van der Waals surface area contributed by atoms with Crippen molar-refractivity contribution in [2.45, 2.75) is 31.7 Å². The molecule has 1 aromatic rings. The third-order valence-corrected chi connectivity index (χ3v) is 4.03. The van der Waals surface area contributed by atoms with E-state index < -0.39 is 5.97 Å². The Morgan fingerprint density at radius 2 is 1.84 bits per heavy atom. The third kappa shape index (κ3) is 2.78. The van der Waals surface area contributed by atoms with Crippen LogP contribution in [0.2, 0.25) is 0 Å². The lowest BCUT2D eigenvalue weighted by Gasteiger charge is -2.40. The van der Waals surface area contributed by atoms with Crippen molar-refractivity contribution >= 4 is 11.9 Å². The highest BCUT2D eigenvalue weighted by Crippen LogP contribution is 2.32. The average molecular weight is 261 g/mol. The first-order chi connectivity index (χ1) is 9.00. The highest BCUT2D eigenvalue weighted by Gasteiger charge is 2.39. The molecule has 4 nitrogen and oxygen atoms in total. The van der Waals surface area contributed by atoms with Crippen molar-refractivity contribution in [2.24, 2.45) is 5.92 Å². The van der Waals surface area contributed by atoms with Crippen LogP contribution in [0.4, 0.5) is 0 Å². The van der Waals surface area contributed by atoms with Gasteiger partial charge in [-0.1, -0.05) is 30.3 Å². The molecule has 1 amide bonds. The van der Waals surface area contributed by atoms with E-state index in [1.807, 2.05) is 37.3 Å². The van der Waals surface area contributed by atoms with Crippen LogP contribution >= 0.6 is 0 Å². The lowest BCUT2D eigenvalue weighted by Crippen LogP contribution is -2.48. The van der Waals surface area contributed by atoms with Crippen molar-refractivity contribution in [3.05, 3.63) is 35.9 Å². The molecule has 1 aliphatic carbocycles. The van der Waals surface area contributed by atoms with Gasteiger partial charge in [0.15, 0.2) is 0 Å². The smallest absolute Gasteiger partial charge is 0.306 e. The van der Waals surface area contributed by atoms with Crippen molar-refractivity contribution in [3.8, 4) is 0 Å². The highest BCUT2D eigenvalue weighted by atomic mass is 16.4. The Balaban J connectivity index is 1.95. The molecule has 0 radical (unpaired) electrons. The number of benzene rings is 1. The van der Waals surface area contributed by atoms with Gasteiger partial charge in [0.05, 0.1) is 11.8 Å². The fourth-order valence-corrected chi connectivity index (χ4v) is 2.48. The molecular weight excluding hydrogens is 242 g/mol. The third-order valence-electron chi connectivity index (χ3n) is 4.03. The van der Waals surface area contributed by atoms with E-state index in [1.165, 1.54) is 0 Å². The molecule has 1 aromatic carbocycles. The zero-order chi connectivity index (χ0) is 14.0. The van der Waals surface area contributed by atoms with Crippen LogP contribution in [-0.2, 0) is 9.59 Å². The lowest BCUT2D eigenvalue weighted by atomic mass is 9.79. The summed E-state index contributed by atoms with van der Waals surface area (Å²) >= 11 is 0. The van der Waals surface area contributed by atoms with Gasteiger partial charge in [-0.2, -0.15) is 0 Å². The molecule has 0 bridgehead atoms. The molecule has 1 saturated carbocycles. The average Bonchev–Trinajstić information content (AvgIpc) is 2.35. The summed E-state index contributed by atoms with van der Waals surface area (Å²) in [4.78, 5) is 24.8. The molecule has 0 aromatic heterocycles. The first kappa shape index (κ1) is 13.6. The van der Waals surface area contributed by atoms with E-state index in [9.17, 15) is 9.59 Å². The second-order valence-electron chi connectivity index (χ2n) is 5.24. The highest BCUT2D eigenvalue weighted by molar-refractivity contribution is 5.83. The van der Waals surface area contributed by atoms with Crippen molar-refractivity contribution in [1.82, 2.24) is 4.90 Å². The second kappa shape index (κ2) is 5.43. The molecule has 1 N–H and O–H groups in total. The van der Waals surface area contributed by atoms with Crippen LogP contribution < -0.4 is 0 Å². The van der Waals surface area contributed by atoms with Crippen molar-refractivity contribution in [1.29, 1.82) is 0 Å². The number of amides is 1. The fourth-order valence-electron chi connectivity index (χ4n) is 2.48. The maximum atomic E-state index is 12.3. The number of rotatable bonds is 4. The Morgan fingerprint density at radius 3 is 2.37 bits per heavy atom. The molecule has 1 atom stereocenters. The van der Waals surface area contributed by atoms with Crippen LogP contribution in [0, 0.1) is 5.92 Å². The summed E-state index contributed by atoms with van der Waals surface area (Å²) in [6, 6.07) is 9.72. The van der Waals surface area contributed by atoms with Crippen LogP contribution in [0.1, 0.15) is 31.2 Å². The number of carboxylic acid groups (broad SMARTS) is 1. The number of carbonyl (C=O) groups is 2. The first-order valence-corrected chi connectivity index (χ1v) is 6.55. The number of carboxylic acids is 1. The number of aliphatic carboxylic acids is 1. The molecule has 4 heteroatoms.